The van der Waals surface area contributed by atoms with E-state index in [2.05, 4.69) is 4.90 Å². The van der Waals surface area contributed by atoms with Crippen LogP contribution in [0.2, 0.25) is 0 Å². The molecule has 1 N–H and O–H groups in total. The Labute approximate surface area is 103 Å². The fraction of sp³-hybridized carbons (Fsp3) is 0.923. The van der Waals surface area contributed by atoms with Crippen LogP contribution in [0.4, 0.5) is 0 Å². The lowest BCUT2D eigenvalue weighted by Gasteiger charge is -2.36. The van der Waals surface area contributed by atoms with Crippen molar-refractivity contribution in [2.75, 3.05) is 26.7 Å². The van der Waals surface area contributed by atoms with Crippen molar-refractivity contribution in [3.8, 4) is 0 Å². The number of ether oxygens (including phenoxy) is 1. The van der Waals surface area contributed by atoms with Crippen molar-refractivity contribution < 1.29 is 14.6 Å². The number of carboxylic acids is 1. The molecule has 1 atom stereocenters. The van der Waals surface area contributed by atoms with E-state index in [1.165, 1.54) is 6.42 Å². The fourth-order valence-corrected chi connectivity index (χ4v) is 3.23. The number of carboxylic acid groups (broad SMARTS) is 1. The summed E-state index contributed by atoms with van der Waals surface area (Å²) in [5.41, 5.74) is -0.485. The molecule has 2 aliphatic rings. The number of carbonyl (C=O) groups is 1. The largest absolute Gasteiger partial charge is 0.481 e. The average Bonchev–Trinajstić information content (AvgIpc) is 2.77. The van der Waals surface area contributed by atoms with Gasteiger partial charge in [0, 0.05) is 26.7 Å². The summed E-state index contributed by atoms with van der Waals surface area (Å²) in [7, 11) is 1.74. The lowest BCUT2D eigenvalue weighted by atomic mass is 9.73. The second-order valence-corrected chi connectivity index (χ2v) is 5.53. The van der Waals surface area contributed by atoms with Crippen LogP contribution < -0.4 is 0 Å². The summed E-state index contributed by atoms with van der Waals surface area (Å²) in [6, 6.07) is 0. The third-order valence-corrected chi connectivity index (χ3v) is 4.35. The molecule has 0 aromatic heterocycles. The molecular weight excluding hydrogens is 218 g/mol. The Morgan fingerprint density at radius 1 is 1.41 bits per heavy atom. The van der Waals surface area contributed by atoms with Crippen molar-refractivity contribution in [2.45, 2.75) is 44.6 Å². The highest BCUT2D eigenvalue weighted by Crippen LogP contribution is 2.38. The Hall–Kier alpha value is -0.610. The maximum Gasteiger partial charge on any atom is 0.310 e. The minimum atomic E-state index is -0.599. The Morgan fingerprint density at radius 3 is 2.65 bits per heavy atom. The molecule has 0 bridgehead atoms. The van der Waals surface area contributed by atoms with E-state index in [0.717, 1.165) is 45.2 Å². The van der Waals surface area contributed by atoms with E-state index in [1.807, 2.05) is 0 Å². The Morgan fingerprint density at radius 2 is 2.12 bits per heavy atom. The zero-order chi connectivity index (χ0) is 12.3. The summed E-state index contributed by atoms with van der Waals surface area (Å²) in [4.78, 5) is 13.8. The van der Waals surface area contributed by atoms with Gasteiger partial charge in [0.2, 0.25) is 0 Å². The highest BCUT2D eigenvalue weighted by atomic mass is 16.5. The van der Waals surface area contributed by atoms with E-state index in [1.54, 1.807) is 7.11 Å². The van der Waals surface area contributed by atoms with Crippen LogP contribution in [-0.2, 0) is 9.53 Å². The highest BCUT2D eigenvalue weighted by Gasteiger charge is 2.42. The molecule has 1 heterocycles. The number of nitrogens with zero attached hydrogens (tertiary/aromatic N) is 1. The molecule has 0 spiro atoms. The van der Waals surface area contributed by atoms with E-state index in [4.69, 9.17) is 4.74 Å². The van der Waals surface area contributed by atoms with Gasteiger partial charge in [-0.25, -0.2) is 0 Å². The molecule has 98 valence electrons. The summed E-state index contributed by atoms with van der Waals surface area (Å²) >= 11 is 0. The van der Waals surface area contributed by atoms with Gasteiger partial charge >= 0.3 is 5.97 Å². The molecule has 0 radical (unpaired) electrons. The van der Waals surface area contributed by atoms with Crippen molar-refractivity contribution in [1.82, 2.24) is 4.90 Å². The quantitative estimate of drug-likeness (QED) is 0.814. The number of aliphatic carboxylic acids is 1. The minimum absolute atomic E-state index is 0.296. The second-order valence-electron chi connectivity index (χ2n) is 5.53. The lowest BCUT2D eigenvalue weighted by molar-refractivity contribution is -0.152. The summed E-state index contributed by atoms with van der Waals surface area (Å²) in [6.45, 7) is 2.58. The lowest BCUT2D eigenvalue weighted by Crippen LogP contribution is -2.44. The van der Waals surface area contributed by atoms with Gasteiger partial charge in [-0.2, -0.15) is 0 Å². The maximum atomic E-state index is 11.6. The Bertz CT molecular complexity index is 274. The predicted molar refractivity (Wildman–Crippen MR) is 65.0 cm³/mol. The molecule has 0 aromatic carbocycles. The Balaban J connectivity index is 1.96. The molecule has 2 rings (SSSR count). The second kappa shape index (κ2) is 5.36. The first-order valence-corrected chi connectivity index (χ1v) is 6.65. The van der Waals surface area contributed by atoms with E-state index >= 15 is 0 Å². The molecule has 1 saturated carbocycles. The van der Waals surface area contributed by atoms with Crippen LogP contribution in [0.3, 0.4) is 0 Å². The zero-order valence-corrected chi connectivity index (χ0v) is 10.7. The molecule has 1 unspecified atom stereocenters. The molecule has 4 heteroatoms. The molecule has 17 heavy (non-hydrogen) atoms. The van der Waals surface area contributed by atoms with Gasteiger partial charge < -0.3 is 9.84 Å². The smallest absolute Gasteiger partial charge is 0.310 e. The van der Waals surface area contributed by atoms with Gasteiger partial charge in [-0.15, -0.1) is 0 Å². The maximum absolute atomic E-state index is 11.6. The molecular formula is C13H23NO3. The number of rotatable bonds is 4. The van der Waals surface area contributed by atoms with Crippen LogP contribution in [0, 0.1) is 5.41 Å². The topological polar surface area (TPSA) is 49.8 Å². The summed E-state index contributed by atoms with van der Waals surface area (Å²) in [5.74, 6) is -0.599. The van der Waals surface area contributed by atoms with Crippen LogP contribution in [0.15, 0.2) is 0 Å². The van der Waals surface area contributed by atoms with Crippen LogP contribution >= 0.6 is 0 Å². The summed E-state index contributed by atoms with van der Waals surface area (Å²) in [6.07, 6.45) is 6.33. The number of likely N-dealkylation sites (tertiary alicyclic amines) is 1. The normalized spacial score (nSPS) is 29.4. The van der Waals surface area contributed by atoms with Crippen molar-refractivity contribution in [2.24, 2.45) is 5.41 Å². The number of hydrogen-bond donors (Lipinski definition) is 1. The first-order valence-electron chi connectivity index (χ1n) is 6.65. The van der Waals surface area contributed by atoms with E-state index in [0.29, 0.717) is 12.6 Å². The third kappa shape index (κ3) is 2.80. The molecule has 0 aromatic rings. The monoisotopic (exact) mass is 241 g/mol. The average molecular weight is 241 g/mol. The number of methoxy groups -OCH3 is 1. The van der Waals surface area contributed by atoms with Gasteiger partial charge in [0.15, 0.2) is 0 Å². The van der Waals surface area contributed by atoms with Crippen LogP contribution in [0.5, 0.6) is 0 Å². The van der Waals surface area contributed by atoms with Crippen molar-refractivity contribution in [3.05, 3.63) is 0 Å². The van der Waals surface area contributed by atoms with Gasteiger partial charge in [-0.1, -0.05) is 19.3 Å². The standard InChI is InChI=1S/C13H23NO3/c1-17-11-5-8-14(9-11)10-13(12(15)16)6-3-2-4-7-13/h11H,2-10H2,1H3,(H,15,16). The van der Waals surface area contributed by atoms with Gasteiger partial charge in [0.1, 0.15) is 0 Å². The number of hydrogen-bond acceptors (Lipinski definition) is 3. The van der Waals surface area contributed by atoms with Gasteiger partial charge in [-0.3, -0.25) is 9.69 Å². The van der Waals surface area contributed by atoms with Crippen molar-refractivity contribution in [1.29, 1.82) is 0 Å². The third-order valence-electron chi connectivity index (χ3n) is 4.35. The highest BCUT2D eigenvalue weighted by molar-refractivity contribution is 5.75. The molecule has 0 amide bonds. The first-order chi connectivity index (χ1) is 8.16. The summed E-state index contributed by atoms with van der Waals surface area (Å²) < 4.78 is 5.33. The van der Waals surface area contributed by atoms with Gasteiger partial charge in [0.25, 0.3) is 0 Å². The minimum Gasteiger partial charge on any atom is -0.481 e. The van der Waals surface area contributed by atoms with Crippen LogP contribution in [0.25, 0.3) is 0 Å². The summed E-state index contributed by atoms with van der Waals surface area (Å²) in [5, 5.41) is 9.51. The molecule has 1 aliphatic carbocycles. The Kier molecular flexibility index (Phi) is 4.05. The van der Waals surface area contributed by atoms with E-state index in [9.17, 15) is 9.90 Å². The zero-order valence-electron chi connectivity index (χ0n) is 10.7. The first kappa shape index (κ1) is 12.8. The van der Waals surface area contributed by atoms with E-state index < -0.39 is 11.4 Å². The molecule has 1 aliphatic heterocycles. The molecule has 2 fully saturated rings. The van der Waals surface area contributed by atoms with Gasteiger partial charge in [0.05, 0.1) is 11.5 Å². The molecule has 1 saturated heterocycles. The van der Waals surface area contributed by atoms with Crippen molar-refractivity contribution >= 4 is 5.97 Å². The van der Waals surface area contributed by atoms with E-state index in [-0.39, 0.29) is 0 Å². The molecule has 4 nitrogen and oxygen atoms in total. The SMILES string of the molecule is COC1CCN(CC2(C(=O)O)CCCCC2)C1. The van der Waals surface area contributed by atoms with Crippen LogP contribution in [0.1, 0.15) is 38.5 Å². The predicted octanol–water partition coefficient (Wildman–Crippen LogP) is 1.74. The fourth-order valence-electron chi connectivity index (χ4n) is 3.23. The van der Waals surface area contributed by atoms with Crippen LogP contribution in [-0.4, -0.2) is 48.8 Å². The van der Waals surface area contributed by atoms with Crippen molar-refractivity contribution in [3.63, 3.8) is 0 Å². The van der Waals surface area contributed by atoms with Gasteiger partial charge in [-0.05, 0) is 19.3 Å².